The van der Waals surface area contributed by atoms with Gasteiger partial charge in [-0.15, -0.1) is 0 Å². The first-order valence-electron chi connectivity index (χ1n) is 5.44. The van der Waals surface area contributed by atoms with Crippen molar-refractivity contribution in [1.82, 2.24) is 0 Å². The third-order valence-corrected chi connectivity index (χ3v) is 3.75. The molecule has 20 heavy (non-hydrogen) atoms. The Bertz CT molecular complexity index is 661. The van der Waals surface area contributed by atoms with E-state index in [1.165, 1.54) is 6.07 Å². The van der Waals surface area contributed by atoms with E-state index in [1.54, 1.807) is 30.3 Å². The monoisotopic (exact) mass is 348 g/mol. The van der Waals surface area contributed by atoms with Gasteiger partial charge in [-0.25, -0.2) is 4.79 Å². The van der Waals surface area contributed by atoms with Gasteiger partial charge in [0.05, 0.1) is 26.4 Å². The Hall–Kier alpha value is -1.13. The number of urea groups is 1. The van der Waals surface area contributed by atoms with Gasteiger partial charge in [0.2, 0.25) is 0 Å². The van der Waals surface area contributed by atoms with Crippen molar-refractivity contribution < 1.29 is 4.79 Å². The highest BCUT2D eigenvalue weighted by molar-refractivity contribution is 6.44. The Morgan fingerprint density at radius 3 is 2.25 bits per heavy atom. The second-order valence-corrected chi connectivity index (χ2v) is 5.43. The van der Waals surface area contributed by atoms with Crippen molar-refractivity contribution in [1.29, 1.82) is 0 Å². The number of rotatable bonds is 2. The zero-order valence-corrected chi connectivity index (χ0v) is 12.9. The Labute approximate surface area is 135 Å². The fourth-order valence-corrected chi connectivity index (χ4v) is 2.27. The molecular formula is C13H8Cl4N2O. The molecule has 0 unspecified atom stereocenters. The van der Waals surface area contributed by atoms with Gasteiger partial charge in [0.1, 0.15) is 0 Å². The standard InChI is InChI=1S/C13H8Cl4N2O/c14-7-4-5-10(9(16)6-7)18-13(20)19-11-3-1-2-8(15)12(11)17/h1-6H,(H2,18,19,20). The highest BCUT2D eigenvalue weighted by Crippen LogP contribution is 2.30. The molecule has 2 N–H and O–H groups in total. The molecule has 0 spiro atoms. The summed E-state index contributed by atoms with van der Waals surface area (Å²) in [6.07, 6.45) is 0. The Morgan fingerprint density at radius 2 is 1.55 bits per heavy atom. The van der Waals surface area contributed by atoms with Crippen LogP contribution in [-0.4, -0.2) is 6.03 Å². The summed E-state index contributed by atoms with van der Waals surface area (Å²) in [5.74, 6) is 0. The maximum absolute atomic E-state index is 11.9. The summed E-state index contributed by atoms with van der Waals surface area (Å²) in [6, 6.07) is 9.21. The van der Waals surface area contributed by atoms with E-state index in [-0.39, 0.29) is 5.02 Å². The number of nitrogens with one attached hydrogen (secondary N) is 2. The van der Waals surface area contributed by atoms with Crippen LogP contribution in [0.1, 0.15) is 0 Å². The van der Waals surface area contributed by atoms with E-state index in [0.29, 0.717) is 26.4 Å². The fraction of sp³-hybridized carbons (Fsp3) is 0. The van der Waals surface area contributed by atoms with Gasteiger partial charge in [-0.2, -0.15) is 0 Å². The molecule has 0 bridgehead atoms. The lowest BCUT2D eigenvalue weighted by molar-refractivity contribution is 0.262. The molecule has 0 aliphatic rings. The number of hydrogen-bond donors (Lipinski definition) is 2. The third-order valence-electron chi connectivity index (χ3n) is 2.38. The first kappa shape index (κ1) is 15.3. The van der Waals surface area contributed by atoms with E-state index < -0.39 is 6.03 Å². The lowest BCUT2D eigenvalue weighted by Gasteiger charge is -2.10. The summed E-state index contributed by atoms with van der Waals surface area (Å²) in [5, 5.41) is 6.62. The van der Waals surface area contributed by atoms with E-state index in [0.717, 1.165) is 0 Å². The number of amides is 2. The molecule has 7 heteroatoms. The van der Waals surface area contributed by atoms with E-state index in [1.807, 2.05) is 0 Å². The van der Waals surface area contributed by atoms with Gasteiger partial charge in [-0.3, -0.25) is 0 Å². The Balaban J connectivity index is 2.11. The van der Waals surface area contributed by atoms with Crippen molar-refractivity contribution in [3.05, 3.63) is 56.5 Å². The number of hydrogen-bond acceptors (Lipinski definition) is 1. The second kappa shape index (κ2) is 6.55. The second-order valence-electron chi connectivity index (χ2n) is 3.80. The van der Waals surface area contributed by atoms with Crippen molar-refractivity contribution in [2.24, 2.45) is 0 Å². The molecule has 104 valence electrons. The lowest BCUT2D eigenvalue weighted by Crippen LogP contribution is -2.19. The largest absolute Gasteiger partial charge is 0.323 e. The van der Waals surface area contributed by atoms with Gasteiger partial charge >= 0.3 is 6.03 Å². The number of carbonyl (C=O) groups is 1. The average molecular weight is 350 g/mol. The summed E-state index contributed by atoms with van der Waals surface area (Å²) >= 11 is 23.6. The van der Waals surface area contributed by atoms with E-state index in [9.17, 15) is 4.79 Å². The van der Waals surface area contributed by atoms with E-state index in [4.69, 9.17) is 46.4 Å². The molecule has 0 fully saturated rings. The molecule has 3 nitrogen and oxygen atoms in total. The van der Waals surface area contributed by atoms with E-state index >= 15 is 0 Å². The van der Waals surface area contributed by atoms with Crippen LogP contribution in [0, 0.1) is 0 Å². The van der Waals surface area contributed by atoms with Crippen LogP contribution in [-0.2, 0) is 0 Å². The molecule has 2 rings (SSSR count). The van der Waals surface area contributed by atoms with Crippen LogP contribution in [0.15, 0.2) is 36.4 Å². The van der Waals surface area contributed by atoms with Crippen LogP contribution >= 0.6 is 46.4 Å². The smallest absolute Gasteiger partial charge is 0.306 e. The zero-order valence-electron chi connectivity index (χ0n) is 9.88. The molecule has 0 aromatic heterocycles. The van der Waals surface area contributed by atoms with Crippen LogP contribution in [0.25, 0.3) is 0 Å². The number of carbonyl (C=O) groups excluding carboxylic acids is 1. The van der Waals surface area contributed by atoms with Gasteiger partial charge in [0.15, 0.2) is 0 Å². The summed E-state index contributed by atoms with van der Waals surface area (Å²) in [4.78, 5) is 11.9. The maximum atomic E-state index is 11.9. The van der Waals surface area contributed by atoms with E-state index in [2.05, 4.69) is 10.6 Å². The van der Waals surface area contributed by atoms with Crippen LogP contribution in [0.3, 0.4) is 0 Å². The summed E-state index contributed by atoms with van der Waals surface area (Å²) in [7, 11) is 0. The zero-order chi connectivity index (χ0) is 14.7. The van der Waals surface area contributed by atoms with Crippen LogP contribution in [0.5, 0.6) is 0 Å². The highest BCUT2D eigenvalue weighted by Gasteiger charge is 2.10. The average Bonchev–Trinajstić information content (AvgIpc) is 2.38. The van der Waals surface area contributed by atoms with Crippen molar-refractivity contribution in [3.8, 4) is 0 Å². The molecule has 2 aromatic rings. The van der Waals surface area contributed by atoms with Gasteiger partial charge in [-0.1, -0.05) is 52.5 Å². The van der Waals surface area contributed by atoms with Gasteiger partial charge in [0.25, 0.3) is 0 Å². The fourth-order valence-electron chi connectivity index (χ4n) is 1.47. The van der Waals surface area contributed by atoms with Crippen LogP contribution < -0.4 is 10.6 Å². The Morgan fingerprint density at radius 1 is 0.850 bits per heavy atom. The third kappa shape index (κ3) is 3.70. The molecule has 0 aliphatic heterocycles. The Kier molecular flexibility index (Phi) is 5.00. The number of halogens is 4. The highest BCUT2D eigenvalue weighted by atomic mass is 35.5. The first-order valence-corrected chi connectivity index (χ1v) is 6.95. The molecule has 2 amide bonds. The van der Waals surface area contributed by atoms with Crippen molar-refractivity contribution in [2.75, 3.05) is 10.6 Å². The van der Waals surface area contributed by atoms with Crippen molar-refractivity contribution in [2.45, 2.75) is 0 Å². The molecule has 0 saturated carbocycles. The molecule has 0 aliphatic carbocycles. The molecule has 0 saturated heterocycles. The molecule has 0 atom stereocenters. The SMILES string of the molecule is O=C(Nc1ccc(Cl)cc1Cl)Nc1cccc(Cl)c1Cl. The summed E-state index contributed by atoms with van der Waals surface area (Å²) < 4.78 is 0. The summed E-state index contributed by atoms with van der Waals surface area (Å²) in [5.41, 5.74) is 0.841. The first-order chi connectivity index (χ1) is 9.47. The van der Waals surface area contributed by atoms with Crippen molar-refractivity contribution >= 4 is 63.8 Å². The topological polar surface area (TPSA) is 41.1 Å². The predicted octanol–water partition coefficient (Wildman–Crippen LogP) is 5.94. The minimum atomic E-state index is -0.488. The molecular weight excluding hydrogens is 342 g/mol. The number of benzene rings is 2. The van der Waals surface area contributed by atoms with Gasteiger partial charge in [0, 0.05) is 5.02 Å². The van der Waals surface area contributed by atoms with Gasteiger partial charge in [-0.05, 0) is 30.3 Å². The van der Waals surface area contributed by atoms with Crippen LogP contribution in [0.2, 0.25) is 20.1 Å². The van der Waals surface area contributed by atoms with Gasteiger partial charge < -0.3 is 10.6 Å². The molecule has 0 heterocycles. The molecule has 2 aromatic carbocycles. The minimum Gasteiger partial charge on any atom is -0.306 e. The predicted molar refractivity (Wildman–Crippen MR) is 85.6 cm³/mol. The normalized spacial score (nSPS) is 10.2. The summed E-state index contributed by atoms with van der Waals surface area (Å²) in [6.45, 7) is 0. The number of anilines is 2. The van der Waals surface area contributed by atoms with Crippen molar-refractivity contribution in [3.63, 3.8) is 0 Å². The quantitative estimate of drug-likeness (QED) is 0.691. The lowest BCUT2D eigenvalue weighted by atomic mass is 10.3. The molecule has 0 radical (unpaired) electrons. The minimum absolute atomic E-state index is 0.270. The van der Waals surface area contributed by atoms with Crippen LogP contribution in [0.4, 0.5) is 16.2 Å². The maximum Gasteiger partial charge on any atom is 0.323 e.